The first-order valence-corrected chi connectivity index (χ1v) is 7.88. The molecule has 0 aliphatic carbocycles. The van der Waals surface area contributed by atoms with Crippen LogP contribution in [0.15, 0.2) is 47.4 Å². The summed E-state index contributed by atoms with van der Waals surface area (Å²) in [6.45, 7) is 4.50. The molecule has 2 aromatic carbocycles. The second kappa shape index (κ2) is 6.57. The molecule has 0 spiro atoms. The van der Waals surface area contributed by atoms with Crippen LogP contribution in [0, 0.1) is 6.92 Å². The molecule has 0 saturated heterocycles. The van der Waals surface area contributed by atoms with Crippen molar-refractivity contribution in [2.45, 2.75) is 24.5 Å². The van der Waals surface area contributed by atoms with Crippen molar-refractivity contribution in [2.24, 2.45) is 0 Å². The monoisotopic (exact) mass is 289 g/mol. The smallest absolute Gasteiger partial charge is 0.123 e. The first-order chi connectivity index (χ1) is 9.60. The number of nitrogen functional groups attached to an aromatic ring is 1. The largest absolute Gasteiger partial charge is 0.494 e. The second-order valence-electron chi connectivity index (χ2n) is 4.61. The highest BCUT2D eigenvalue weighted by molar-refractivity contribution is 7.84. The Morgan fingerprint density at radius 1 is 1.20 bits per heavy atom. The lowest BCUT2D eigenvalue weighted by molar-refractivity contribution is 0.337. The maximum absolute atomic E-state index is 12.4. The van der Waals surface area contributed by atoms with E-state index in [4.69, 9.17) is 10.5 Å². The van der Waals surface area contributed by atoms with Crippen molar-refractivity contribution in [3.05, 3.63) is 53.6 Å². The molecule has 0 fully saturated rings. The predicted molar refractivity (Wildman–Crippen MR) is 83.3 cm³/mol. The normalized spacial score (nSPS) is 12.1. The summed E-state index contributed by atoms with van der Waals surface area (Å²) in [7, 11) is -1.10. The summed E-state index contributed by atoms with van der Waals surface area (Å²) in [5, 5.41) is 0. The average molecular weight is 289 g/mol. The van der Waals surface area contributed by atoms with Gasteiger partial charge < -0.3 is 10.5 Å². The van der Waals surface area contributed by atoms with Crippen LogP contribution in [0.1, 0.15) is 18.1 Å². The van der Waals surface area contributed by atoms with Crippen molar-refractivity contribution in [1.29, 1.82) is 0 Å². The van der Waals surface area contributed by atoms with Gasteiger partial charge in [0.25, 0.3) is 0 Å². The first kappa shape index (κ1) is 14.6. The summed E-state index contributed by atoms with van der Waals surface area (Å²) in [6, 6.07) is 13.2. The Labute approximate surface area is 122 Å². The van der Waals surface area contributed by atoms with Crippen LogP contribution in [-0.2, 0) is 16.6 Å². The van der Waals surface area contributed by atoms with Gasteiger partial charge >= 0.3 is 0 Å². The van der Waals surface area contributed by atoms with Crippen LogP contribution in [0.4, 0.5) is 5.69 Å². The maximum atomic E-state index is 12.4. The van der Waals surface area contributed by atoms with Crippen molar-refractivity contribution in [1.82, 2.24) is 0 Å². The van der Waals surface area contributed by atoms with Crippen molar-refractivity contribution >= 4 is 16.5 Å². The molecule has 0 radical (unpaired) electrons. The van der Waals surface area contributed by atoms with Gasteiger partial charge in [-0.25, -0.2) is 0 Å². The highest BCUT2D eigenvalue weighted by atomic mass is 32.2. The molecule has 1 atom stereocenters. The fraction of sp³-hybridized carbons (Fsp3) is 0.250. The van der Waals surface area contributed by atoms with E-state index in [0.717, 1.165) is 21.8 Å². The van der Waals surface area contributed by atoms with Gasteiger partial charge in [-0.1, -0.05) is 12.1 Å². The molecule has 106 valence electrons. The molecule has 2 rings (SSSR count). The topological polar surface area (TPSA) is 52.3 Å². The van der Waals surface area contributed by atoms with Crippen LogP contribution in [0.3, 0.4) is 0 Å². The zero-order chi connectivity index (χ0) is 14.5. The van der Waals surface area contributed by atoms with Crippen LogP contribution in [0.5, 0.6) is 5.75 Å². The quantitative estimate of drug-likeness (QED) is 0.859. The molecule has 0 aliphatic heterocycles. The van der Waals surface area contributed by atoms with E-state index in [1.807, 2.05) is 50.2 Å². The van der Waals surface area contributed by atoms with Gasteiger partial charge in [0, 0.05) is 16.1 Å². The van der Waals surface area contributed by atoms with Gasteiger partial charge in [0.2, 0.25) is 0 Å². The van der Waals surface area contributed by atoms with Crippen LogP contribution in [0.25, 0.3) is 0 Å². The van der Waals surface area contributed by atoms with E-state index < -0.39 is 10.8 Å². The number of ether oxygens (including phenoxy) is 1. The number of hydrogen-bond acceptors (Lipinski definition) is 3. The Hall–Kier alpha value is -1.81. The molecule has 0 aliphatic rings. The lowest BCUT2D eigenvalue weighted by atomic mass is 10.2. The average Bonchev–Trinajstić information content (AvgIpc) is 2.42. The summed E-state index contributed by atoms with van der Waals surface area (Å²) in [5.41, 5.74) is 8.45. The maximum Gasteiger partial charge on any atom is 0.123 e. The number of benzene rings is 2. The standard InChI is InChI=1S/C16H19NO2S/c1-3-19-16-8-7-14(17)10-13(16)11-20(18)15-6-4-5-12(2)9-15/h4-10H,3,11,17H2,1-2H3. The fourth-order valence-electron chi connectivity index (χ4n) is 1.99. The van der Waals surface area contributed by atoms with E-state index in [9.17, 15) is 4.21 Å². The Bertz CT molecular complexity index is 626. The number of anilines is 1. The van der Waals surface area contributed by atoms with Crippen molar-refractivity contribution < 1.29 is 8.95 Å². The fourth-order valence-corrected chi connectivity index (χ4v) is 3.21. The van der Waals surface area contributed by atoms with Gasteiger partial charge in [0.15, 0.2) is 0 Å². The predicted octanol–water partition coefficient (Wildman–Crippen LogP) is 3.28. The minimum Gasteiger partial charge on any atom is -0.494 e. The molecule has 20 heavy (non-hydrogen) atoms. The van der Waals surface area contributed by atoms with Crippen LogP contribution >= 0.6 is 0 Å². The molecule has 1 unspecified atom stereocenters. The molecule has 4 heteroatoms. The molecule has 3 nitrogen and oxygen atoms in total. The molecule has 0 aromatic heterocycles. The minimum atomic E-state index is -1.10. The van der Waals surface area contributed by atoms with E-state index in [2.05, 4.69) is 0 Å². The molecule has 2 aromatic rings. The number of nitrogens with two attached hydrogens (primary N) is 1. The lowest BCUT2D eigenvalue weighted by Gasteiger charge is -2.11. The molecular formula is C16H19NO2S. The van der Waals surface area contributed by atoms with Crippen molar-refractivity contribution in [2.75, 3.05) is 12.3 Å². The van der Waals surface area contributed by atoms with E-state index in [0.29, 0.717) is 18.0 Å². The summed E-state index contributed by atoms with van der Waals surface area (Å²) in [6.07, 6.45) is 0. The number of hydrogen-bond donors (Lipinski definition) is 1. The molecular weight excluding hydrogens is 270 g/mol. The van der Waals surface area contributed by atoms with Gasteiger partial charge in [-0.2, -0.15) is 0 Å². The first-order valence-electron chi connectivity index (χ1n) is 6.56. The number of aryl methyl sites for hydroxylation is 1. The van der Waals surface area contributed by atoms with Crippen LogP contribution < -0.4 is 10.5 Å². The van der Waals surface area contributed by atoms with Crippen molar-refractivity contribution in [3.8, 4) is 5.75 Å². The van der Waals surface area contributed by atoms with E-state index in [1.54, 1.807) is 6.07 Å². The molecule has 0 heterocycles. The third-order valence-corrected chi connectivity index (χ3v) is 4.28. The summed E-state index contributed by atoms with van der Waals surface area (Å²) >= 11 is 0. The van der Waals surface area contributed by atoms with E-state index in [-0.39, 0.29) is 0 Å². The second-order valence-corrected chi connectivity index (χ2v) is 6.06. The van der Waals surface area contributed by atoms with Gasteiger partial charge in [0.1, 0.15) is 5.75 Å². The van der Waals surface area contributed by atoms with Gasteiger partial charge in [-0.15, -0.1) is 0 Å². The van der Waals surface area contributed by atoms with E-state index in [1.165, 1.54) is 0 Å². The Morgan fingerprint density at radius 2 is 2.00 bits per heavy atom. The number of rotatable bonds is 5. The minimum absolute atomic E-state index is 0.407. The SMILES string of the molecule is CCOc1ccc(N)cc1CS(=O)c1cccc(C)c1. The van der Waals surface area contributed by atoms with E-state index >= 15 is 0 Å². The highest BCUT2D eigenvalue weighted by Gasteiger charge is 2.10. The lowest BCUT2D eigenvalue weighted by Crippen LogP contribution is -2.02. The van der Waals surface area contributed by atoms with Crippen LogP contribution in [0.2, 0.25) is 0 Å². The Kier molecular flexibility index (Phi) is 4.79. The molecule has 2 N–H and O–H groups in total. The Balaban J connectivity index is 2.25. The summed E-state index contributed by atoms with van der Waals surface area (Å²) in [5.74, 6) is 1.16. The summed E-state index contributed by atoms with van der Waals surface area (Å²) < 4.78 is 18.0. The van der Waals surface area contributed by atoms with Gasteiger partial charge in [0.05, 0.1) is 23.2 Å². The molecule has 0 amide bonds. The zero-order valence-electron chi connectivity index (χ0n) is 11.8. The summed E-state index contributed by atoms with van der Waals surface area (Å²) in [4.78, 5) is 0.829. The zero-order valence-corrected chi connectivity index (χ0v) is 12.6. The molecule has 0 bridgehead atoms. The third kappa shape index (κ3) is 3.61. The third-order valence-electron chi connectivity index (χ3n) is 2.92. The van der Waals surface area contributed by atoms with Gasteiger partial charge in [-0.05, 0) is 49.7 Å². The highest BCUT2D eigenvalue weighted by Crippen LogP contribution is 2.25. The molecule has 0 saturated carbocycles. The van der Waals surface area contributed by atoms with Gasteiger partial charge in [-0.3, -0.25) is 4.21 Å². The Morgan fingerprint density at radius 3 is 2.70 bits per heavy atom. The van der Waals surface area contributed by atoms with Crippen LogP contribution in [-0.4, -0.2) is 10.8 Å². The van der Waals surface area contributed by atoms with Crippen molar-refractivity contribution in [3.63, 3.8) is 0 Å².